The second kappa shape index (κ2) is 7.31. The fraction of sp³-hybridized carbons (Fsp3) is 0.588. The molecule has 2 N–H and O–H groups in total. The Morgan fingerprint density at radius 3 is 2.46 bits per heavy atom. The Morgan fingerprint density at radius 2 is 1.88 bits per heavy atom. The molecule has 2 atom stereocenters. The zero-order valence-electron chi connectivity index (χ0n) is 13.5. The summed E-state index contributed by atoms with van der Waals surface area (Å²) in [5.41, 5.74) is -0.328. The second-order valence-corrected chi connectivity index (χ2v) is 6.76. The highest BCUT2D eigenvalue weighted by atomic mass is 35.5. The number of rotatable bonds is 3. The zero-order chi connectivity index (χ0) is 16.6. The molecular weight excluding hydrogens is 341 g/mol. The van der Waals surface area contributed by atoms with Gasteiger partial charge < -0.3 is 10.6 Å². The summed E-state index contributed by atoms with van der Waals surface area (Å²) in [6, 6.07) is 4.93. The van der Waals surface area contributed by atoms with E-state index in [1.807, 2.05) is 0 Å². The molecule has 2 saturated heterocycles. The number of benzene rings is 1. The van der Waals surface area contributed by atoms with Gasteiger partial charge in [-0.3, -0.25) is 4.79 Å². The van der Waals surface area contributed by atoms with Crippen molar-refractivity contribution in [3.05, 3.63) is 29.3 Å². The summed E-state index contributed by atoms with van der Waals surface area (Å²) in [4.78, 5) is 12.1. The summed E-state index contributed by atoms with van der Waals surface area (Å²) in [6.45, 7) is 1.42. The summed E-state index contributed by atoms with van der Waals surface area (Å²) < 4.78 is 38.7. The molecule has 2 aliphatic heterocycles. The van der Waals surface area contributed by atoms with Crippen LogP contribution in [0.15, 0.2) is 18.2 Å². The van der Waals surface area contributed by atoms with Gasteiger partial charge in [0, 0.05) is 24.2 Å². The molecule has 24 heavy (non-hydrogen) atoms. The Bertz CT molecular complexity index is 594. The number of nitrogens with one attached hydrogen (secondary N) is 2. The van der Waals surface area contributed by atoms with E-state index in [0.717, 1.165) is 31.7 Å². The fourth-order valence-electron chi connectivity index (χ4n) is 3.82. The molecule has 2 bridgehead atoms. The van der Waals surface area contributed by atoms with Crippen LogP contribution in [-0.4, -0.2) is 18.0 Å². The molecule has 2 aliphatic rings. The van der Waals surface area contributed by atoms with Crippen LogP contribution in [0.2, 0.25) is 0 Å². The van der Waals surface area contributed by atoms with Crippen molar-refractivity contribution in [3.63, 3.8) is 0 Å². The molecule has 2 fully saturated rings. The van der Waals surface area contributed by atoms with E-state index in [-0.39, 0.29) is 29.6 Å². The van der Waals surface area contributed by atoms with Gasteiger partial charge in [0.1, 0.15) is 0 Å². The Hall–Kier alpha value is -1.27. The van der Waals surface area contributed by atoms with Crippen molar-refractivity contribution in [2.75, 3.05) is 5.32 Å². The second-order valence-electron chi connectivity index (χ2n) is 6.76. The first-order valence-electron chi connectivity index (χ1n) is 8.05. The van der Waals surface area contributed by atoms with Crippen molar-refractivity contribution in [2.45, 2.75) is 57.3 Å². The van der Waals surface area contributed by atoms with Crippen LogP contribution in [0.3, 0.4) is 0 Å². The average Bonchev–Trinajstić information content (AvgIpc) is 2.79. The van der Waals surface area contributed by atoms with E-state index in [4.69, 9.17) is 0 Å². The van der Waals surface area contributed by atoms with Crippen LogP contribution in [-0.2, 0) is 11.0 Å². The van der Waals surface area contributed by atoms with Gasteiger partial charge in [0.15, 0.2) is 0 Å². The van der Waals surface area contributed by atoms with Crippen LogP contribution < -0.4 is 10.6 Å². The highest BCUT2D eigenvalue weighted by molar-refractivity contribution is 5.91. The minimum Gasteiger partial charge on any atom is -0.326 e. The first-order chi connectivity index (χ1) is 10.8. The number of amides is 1. The van der Waals surface area contributed by atoms with Crippen LogP contribution in [0.25, 0.3) is 0 Å². The molecule has 0 spiro atoms. The summed E-state index contributed by atoms with van der Waals surface area (Å²) in [5, 5.41) is 6.14. The van der Waals surface area contributed by atoms with Crippen LogP contribution >= 0.6 is 12.4 Å². The number of fused-ring (bicyclic) bond motifs is 2. The number of carbonyl (C=O) groups excluding carboxylic acids is 1. The summed E-state index contributed by atoms with van der Waals surface area (Å²) in [5.74, 6) is 0.120. The van der Waals surface area contributed by atoms with Crippen LogP contribution in [0.1, 0.15) is 43.2 Å². The van der Waals surface area contributed by atoms with E-state index in [1.165, 1.54) is 19.1 Å². The van der Waals surface area contributed by atoms with E-state index in [0.29, 0.717) is 24.4 Å². The van der Waals surface area contributed by atoms with Gasteiger partial charge in [-0.05, 0) is 56.2 Å². The summed E-state index contributed by atoms with van der Waals surface area (Å²) in [6.07, 6.45) is 0.256. The van der Waals surface area contributed by atoms with Gasteiger partial charge in [0.2, 0.25) is 5.91 Å². The van der Waals surface area contributed by atoms with E-state index >= 15 is 0 Å². The number of piperidine rings is 1. The third kappa shape index (κ3) is 4.42. The van der Waals surface area contributed by atoms with Gasteiger partial charge in [-0.25, -0.2) is 0 Å². The molecule has 2 unspecified atom stereocenters. The molecule has 0 aromatic heterocycles. The Balaban J connectivity index is 0.00000208. The number of anilines is 1. The topological polar surface area (TPSA) is 41.1 Å². The van der Waals surface area contributed by atoms with E-state index in [2.05, 4.69) is 10.6 Å². The molecule has 0 aliphatic carbocycles. The number of hydrogen-bond acceptors (Lipinski definition) is 2. The third-order valence-electron chi connectivity index (χ3n) is 4.87. The van der Waals surface area contributed by atoms with Crippen molar-refractivity contribution in [1.82, 2.24) is 5.32 Å². The maximum atomic E-state index is 12.9. The summed E-state index contributed by atoms with van der Waals surface area (Å²) >= 11 is 0. The molecule has 7 heteroatoms. The largest absolute Gasteiger partial charge is 0.416 e. The summed E-state index contributed by atoms with van der Waals surface area (Å²) in [7, 11) is 0. The molecular formula is C17H22ClF3N2O. The minimum atomic E-state index is -4.40. The average molecular weight is 363 g/mol. The monoisotopic (exact) mass is 362 g/mol. The smallest absolute Gasteiger partial charge is 0.326 e. The van der Waals surface area contributed by atoms with E-state index < -0.39 is 11.7 Å². The van der Waals surface area contributed by atoms with Crippen molar-refractivity contribution in [3.8, 4) is 0 Å². The van der Waals surface area contributed by atoms with Gasteiger partial charge in [-0.2, -0.15) is 13.2 Å². The quantitative estimate of drug-likeness (QED) is 0.842. The molecule has 3 rings (SSSR count). The Labute approximate surface area is 145 Å². The van der Waals surface area contributed by atoms with Gasteiger partial charge in [-0.15, -0.1) is 12.4 Å². The predicted molar refractivity (Wildman–Crippen MR) is 89.3 cm³/mol. The minimum absolute atomic E-state index is 0. The van der Waals surface area contributed by atoms with Crippen molar-refractivity contribution in [2.24, 2.45) is 5.92 Å². The number of hydrogen-bond donors (Lipinski definition) is 2. The molecule has 1 amide bonds. The Morgan fingerprint density at radius 1 is 1.25 bits per heavy atom. The predicted octanol–water partition coefficient (Wildman–Crippen LogP) is 4.29. The molecule has 0 saturated carbocycles. The van der Waals surface area contributed by atoms with Gasteiger partial charge in [0.25, 0.3) is 0 Å². The lowest BCUT2D eigenvalue weighted by molar-refractivity contribution is -0.138. The number of halogens is 4. The van der Waals surface area contributed by atoms with Crippen LogP contribution in [0, 0.1) is 12.8 Å². The standard InChI is InChI=1S/C17H21F3N2O.ClH/c1-10-2-3-14(9-15(10)17(18,19)20)22-16(23)8-11-6-12-4-5-13(7-11)21-12;/h2-3,9,11-13,21H,4-8H2,1H3,(H,22,23);1H. The fourth-order valence-corrected chi connectivity index (χ4v) is 3.82. The zero-order valence-corrected chi connectivity index (χ0v) is 14.3. The van der Waals surface area contributed by atoms with Gasteiger partial charge in [0.05, 0.1) is 5.56 Å². The lowest BCUT2D eigenvalue weighted by Crippen LogP contribution is -2.39. The van der Waals surface area contributed by atoms with E-state index in [1.54, 1.807) is 0 Å². The lowest BCUT2D eigenvalue weighted by atomic mass is 9.89. The Kier molecular flexibility index (Phi) is 5.81. The molecule has 2 heterocycles. The lowest BCUT2D eigenvalue weighted by Gasteiger charge is -2.28. The molecule has 3 nitrogen and oxygen atoms in total. The number of alkyl halides is 3. The van der Waals surface area contributed by atoms with Gasteiger partial charge in [-0.1, -0.05) is 6.07 Å². The van der Waals surface area contributed by atoms with Gasteiger partial charge >= 0.3 is 6.18 Å². The normalized spacial score (nSPS) is 25.9. The highest BCUT2D eigenvalue weighted by Gasteiger charge is 2.35. The maximum Gasteiger partial charge on any atom is 0.416 e. The third-order valence-corrected chi connectivity index (χ3v) is 4.87. The molecule has 1 aromatic rings. The van der Waals surface area contributed by atoms with Crippen LogP contribution in [0.5, 0.6) is 0 Å². The number of aryl methyl sites for hydroxylation is 1. The first-order valence-corrected chi connectivity index (χ1v) is 8.05. The highest BCUT2D eigenvalue weighted by Crippen LogP contribution is 2.34. The van der Waals surface area contributed by atoms with Crippen LogP contribution in [0.4, 0.5) is 18.9 Å². The molecule has 0 radical (unpaired) electrons. The SMILES string of the molecule is Cc1ccc(NC(=O)CC2CC3CCC(C2)N3)cc1C(F)(F)F.Cl. The van der Waals surface area contributed by atoms with Crippen molar-refractivity contribution in [1.29, 1.82) is 0 Å². The van der Waals surface area contributed by atoms with Crippen molar-refractivity contribution >= 4 is 24.0 Å². The number of carbonyl (C=O) groups is 1. The molecule has 1 aromatic carbocycles. The molecule has 134 valence electrons. The van der Waals surface area contributed by atoms with E-state index in [9.17, 15) is 18.0 Å². The first kappa shape index (κ1) is 19.1. The van der Waals surface area contributed by atoms with Crippen molar-refractivity contribution < 1.29 is 18.0 Å². The maximum absolute atomic E-state index is 12.9.